The van der Waals surface area contributed by atoms with Crippen LogP contribution < -0.4 is 5.32 Å². The summed E-state index contributed by atoms with van der Waals surface area (Å²) in [6.45, 7) is 10.6. The lowest BCUT2D eigenvalue weighted by atomic mass is 9.77. The van der Waals surface area contributed by atoms with Crippen LogP contribution in [0.25, 0.3) is 0 Å². The van der Waals surface area contributed by atoms with Gasteiger partial charge in [-0.15, -0.1) is 0 Å². The Morgan fingerprint density at radius 3 is 2.84 bits per heavy atom. The van der Waals surface area contributed by atoms with Crippen LogP contribution in [0.1, 0.15) is 37.8 Å². The molecule has 19 heavy (non-hydrogen) atoms. The highest BCUT2D eigenvalue weighted by molar-refractivity contribution is 5.40. The number of nitrogens with one attached hydrogen (secondary N) is 1. The molecular formula is C17H26N2. The zero-order chi connectivity index (χ0) is 13.4. The summed E-state index contributed by atoms with van der Waals surface area (Å²) in [5, 5.41) is 3.63. The van der Waals surface area contributed by atoms with Crippen molar-refractivity contribution in [2.75, 3.05) is 19.6 Å². The average Bonchev–Trinajstić information content (AvgIpc) is 2.35. The first-order valence-electron chi connectivity index (χ1n) is 7.70. The third-order valence-corrected chi connectivity index (χ3v) is 4.84. The molecule has 1 aromatic carbocycles. The Kier molecular flexibility index (Phi) is 3.64. The molecule has 1 aliphatic heterocycles. The molecule has 1 aromatic rings. The van der Waals surface area contributed by atoms with E-state index < -0.39 is 0 Å². The Hall–Kier alpha value is -0.860. The first-order valence-corrected chi connectivity index (χ1v) is 7.70. The van der Waals surface area contributed by atoms with Gasteiger partial charge in [0.15, 0.2) is 0 Å². The molecule has 0 spiro atoms. The second-order valence-corrected chi connectivity index (χ2v) is 6.67. The van der Waals surface area contributed by atoms with Gasteiger partial charge < -0.3 is 5.32 Å². The second kappa shape index (κ2) is 5.26. The summed E-state index contributed by atoms with van der Waals surface area (Å²) < 4.78 is 0. The highest BCUT2D eigenvalue weighted by Crippen LogP contribution is 2.36. The molecule has 0 radical (unpaired) electrons. The Morgan fingerprint density at radius 2 is 2.11 bits per heavy atom. The van der Waals surface area contributed by atoms with E-state index in [0.29, 0.717) is 12.1 Å². The first kappa shape index (κ1) is 13.1. The van der Waals surface area contributed by atoms with Gasteiger partial charge >= 0.3 is 0 Å². The van der Waals surface area contributed by atoms with E-state index in [2.05, 4.69) is 55.3 Å². The zero-order valence-corrected chi connectivity index (χ0v) is 12.4. The molecule has 1 aliphatic carbocycles. The van der Waals surface area contributed by atoms with Crippen LogP contribution in [-0.2, 0) is 6.42 Å². The standard InChI is InChI=1S/C17H26N2/c1-12(2)17-9-18-13(3)10-19(17)11-15-8-14-6-4-5-7-16(14)15/h4-7,12-13,15,17-18H,8-11H2,1-3H3. The Bertz CT molecular complexity index is 441. The van der Waals surface area contributed by atoms with Gasteiger partial charge in [-0.25, -0.2) is 0 Å². The van der Waals surface area contributed by atoms with Gasteiger partial charge in [0.2, 0.25) is 0 Å². The van der Waals surface area contributed by atoms with Crippen LogP contribution in [0.2, 0.25) is 0 Å². The van der Waals surface area contributed by atoms with Crippen molar-refractivity contribution < 1.29 is 0 Å². The molecule has 0 amide bonds. The molecule has 2 heteroatoms. The van der Waals surface area contributed by atoms with Crippen molar-refractivity contribution in [1.82, 2.24) is 10.2 Å². The van der Waals surface area contributed by atoms with Gasteiger partial charge in [-0.1, -0.05) is 38.1 Å². The number of piperazine rings is 1. The van der Waals surface area contributed by atoms with Crippen LogP contribution in [0, 0.1) is 5.92 Å². The fourth-order valence-electron chi connectivity index (χ4n) is 3.68. The third kappa shape index (κ3) is 2.56. The Labute approximate surface area is 117 Å². The van der Waals surface area contributed by atoms with Gasteiger partial charge in [-0.2, -0.15) is 0 Å². The predicted molar refractivity (Wildman–Crippen MR) is 80.6 cm³/mol. The number of hydrogen-bond donors (Lipinski definition) is 1. The number of benzene rings is 1. The number of fused-ring (bicyclic) bond motifs is 1. The van der Waals surface area contributed by atoms with Gasteiger partial charge in [0.25, 0.3) is 0 Å². The smallest absolute Gasteiger partial charge is 0.0244 e. The predicted octanol–water partition coefficient (Wildman–Crippen LogP) is 2.64. The molecule has 104 valence electrons. The normalized spacial score (nSPS) is 31.1. The second-order valence-electron chi connectivity index (χ2n) is 6.67. The van der Waals surface area contributed by atoms with Gasteiger partial charge in [-0.3, -0.25) is 4.90 Å². The van der Waals surface area contributed by atoms with Crippen molar-refractivity contribution in [3.05, 3.63) is 35.4 Å². The van der Waals surface area contributed by atoms with E-state index in [1.165, 1.54) is 19.5 Å². The summed E-state index contributed by atoms with van der Waals surface area (Å²) in [4.78, 5) is 2.73. The van der Waals surface area contributed by atoms with Gasteiger partial charge in [0, 0.05) is 37.6 Å². The average molecular weight is 258 g/mol. The van der Waals surface area contributed by atoms with Crippen molar-refractivity contribution >= 4 is 0 Å². The first-order chi connectivity index (χ1) is 9.15. The van der Waals surface area contributed by atoms with Crippen LogP contribution >= 0.6 is 0 Å². The van der Waals surface area contributed by atoms with E-state index in [1.54, 1.807) is 11.1 Å². The lowest BCUT2D eigenvalue weighted by molar-refractivity contribution is 0.0931. The maximum Gasteiger partial charge on any atom is 0.0244 e. The molecule has 1 N–H and O–H groups in total. The maximum absolute atomic E-state index is 3.63. The van der Waals surface area contributed by atoms with E-state index in [0.717, 1.165) is 18.4 Å². The molecule has 1 saturated heterocycles. The molecule has 1 heterocycles. The Balaban J connectivity index is 1.68. The van der Waals surface area contributed by atoms with Crippen LogP contribution in [-0.4, -0.2) is 36.6 Å². The summed E-state index contributed by atoms with van der Waals surface area (Å²) in [5.74, 6) is 1.50. The van der Waals surface area contributed by atoms with Crippen LogP contribution in [0.3, 0.4) is 0 Å². The molecule has 3 atom stereocenters. The number of nitrogens with zero attached hydrogens (tertiary/aromatic N) is 1. The minimum Gasteiger partial charge on any atom is -0.311 e. The topological polar surface area (TPSA) is 15.3 Å². The molecule has 3 rings (SSSR count). The highest BCUT2D eigenvalue weighted by atomic mass is 15.2. The Morgan fingerprint density at radius 1 is 1.32 bits per heavy atom. The fraction of sp³-hybridized carbons (Fsp3) is 0.647. The van der Waals surface area contributed by atoms with Gasteiger partial charge in [0.1, 0.15) is 0 Å². The summed E-state index contributed by atoms with van der Waals surface area (Å²) in [5.41, 5.74) is 3.16. The minimum atomic E-state index is 0.630. The molecule has 2 aliphatic rings. The van der Waals surface area contributed by atoms with E-state index in [4.69, 9.17) is 0 Å². The third-order valence-electron chi connectivity index (χ3n) is 4.84. The molecule has 2 nitrogen and oxygen atoms in total. The summed E-state index contributed by atoms with van der Waals surface area (Å²) in [6, 6.07) is 10.3. The monoisotopic (exact) mass is 258 g/mol. The highest BCUT2D eigenvalue weighted by Gasteiger charge is 2.33. The van der Waals surface area contributed by atoms with Gasteiger partial charge in [-0.05, 0) is 30.4 Å². The van der Waals surface area contributed by atoms with E-state index >= 15 is 0 Å². The molecule has 0 bridgehead atoms. The SMILES string of the molecule is CC1CN(CC2Cc3ccccc32)C(C(C)C)CN1. The van der Waals surface area contributed by atoms with Gasteiger partial charge in [0.05, 0.1) is 0 Å². The molecule has 0 saturated carbocycles. The summed E-state index contributed by atoms with van der Waals surface area (Å²) in [7, 11) is 0. The van der Waals surface area contributed by atoms with Crippen molar-refractivity contribution in [1.29, 1.82) is 0 Å². The van der Waals surface area contributed by atoms with E-state index in [-0.39, 0.29) is 0 Å². The molecule has 0 aromatic heterocycles. The lowest BCUT2D eigenvalue weighted by Gasteiger charge is -2.45. The number of hydrogen-bond acceptors (Lipinski definition) is 2. The fourth-order valence-corrected chi connectivity index (χ4v) is 3.68. The van der Waals surface area contributed by atoms with Crippen LogP contribution in [0.5, 0.6) is 0 Å². The quantitative estimate of drug-likeness (QED) is 0.896. The van der Waals surface area contributed by atoms with Crippen molar-refractivity contribution in [3.8, 4) is 0 Å². The van der Waals surface area contributed by atoms with E-state index in [9.17, 15) is 0 Å². The molecule has 3 unspecified atom stereocenters. The molecular weight excluding hydrogens is 232 g/mol. The zero-order valence-electron chi connectivity index (χ0n) is 12.4. The van der Waals surface area contributed by atoms with Crippen LogP contribution in [0.4, 0.5) is 0 Å². The largest absolute Gasteiger partial charge is 0.311 e. The van der Waals surface area contributed by atoms with Crippen LogP contribution in [0.15, 0.2) is 24.3 Å². The van der Waals surface area contributed by atoms with Crippen molar-refractivity contribution in [3.63, 3.8) is 0 Å². The minimum absolute atomic E-state index is 0.630. The van der Waals surface area contributed by atoms with Crippen molar-refractivity contribution in [2.24, 2.45) is 5.92 Å². The van der Waals surface area contributed by atoms with Crippen molar-refractivity contribution in [2.45, 2.75) is 45.2 Å². The lowest BCUT2D eigenvalue weighted by Crippen LogP contribution is -2.58. The molecule has 1 fully saturated rings. The number of rotatable bonds is 3. The maximum atomic E-state index is 3.63. The summed E-state index contributed by atoms with van der Waals surface area (Å²) >= 11 is 0. The van der Waals surface area contributed by atoms with E-state index in [1.807, 2.05) is 0 Å². The summed E-state index contributed by atoms with van der Waals surface area (Å²) in [6.07, 6.45) is 1.28.